The van der Waals surface area contributed by atoms with E-state index >= 15 is 0 Å². The van der Waals surface area contributed by atoms with Gasteiger partial charge >= 0.3 is 11.9 Å². The summed E-state index contributed by atoms with van der Waals surface area (Å²) in [4.78, 5) is 28.7. The number of carbonyl (C=O) groups is 2. The van der Waals surface area contributed by atoms with Crippen molar-refractivity contribution in [1.82, 2.24) is 4.98 Å². The minimum atomic E-state index is -1.29. The third-order valence-corrected chi connectivity index (χ3v) is 4.81. The van der Waals surface area contributed by atoms with Crippen LogP contribution < -0.4 is 0 Å². The monoisotopic (exact) mass is 395 g/mol. The highest BCUT2D eigenvalue weighted by atomic mass is 35.5. The van der Waals surface area contributed by atoms with E-state index in [9.17, 15) is 9.59 Å². The number of ether oxygens (including phenoxy) is 2. The quantitative estimate of drug-likeness (QED) is 0.600. The van der Waals surface area contributed by atoms with Crippen LogP contribution in [0.5, 0.6) is 0 Å². The molecule has 0 bridgehead atoms. The number of halogens is 2. The molecule has 0 aliphatic heterocycles. The summed E-state index contributed by atoms with van der Waals surface area (Å²) in [6, 6.07) is 9.49. The average molecular weight is 396 g/mol. The summed E-state index contributed by atoms with van der Waals surface area (Å²) >= 11 is 13.4. The summed E-state index contributed by atoms with van der Waals surface area (Å²) in [5.41, 5.74) is 3.07. The van der Waals surface area contributed by atoms with Crippen LogP contribution in [0.25, 0.3) is 10.2 Å². The fourth-order valence-corrected chi connectivity index (χ4v) is 3.44. The molecule has 0 saturated heterocycles. The fourth-order valence-electron chi connectivity index (χ4n) is 2.22. The SMILES string of the molecule is COC(=O)C(OC(=O)c1ccc2ncsc2c1)c1ccc(Cl)cc1Cl. The van der Waals surface area contributed by atoms with Gasteiger partial charge in [0.05, 0.1) is 28.4 Å². The number of esters is 2. The number of hydrogen-bond acceptors (Lipinski definition) is 6. The molecule has 3 rings (SSSR count). The third kappa shape index (κ3) is 3.76. The van der Waals surface area contributed by atoms with Gasteiger partial charge in [-0.1, -0.05) is 29.3 Å². The molecule has 0 aliphatic rings. The van der Waals surface area contributed by atoms with Crippen LogP contribution in [-0.2, 0) is 14.3 Å². The first-order valence-electron chi connectivity index (χ1n) is 7.06. The van der Waals surface area contributed by atoms with Crippen LogP contribution in [0, 0.1) is 0 Å². The van der Waals surface area contributed by atoms with Crippen molar-refractivity contribution < 1.29 is 19.1 Å². The number of aromatic nitrogens is 1. The second-order valence-corrected chi connectivity index (χ2v) is 6.74. The molecule has 0 spiro atoms. The smallest absolute Gasteiger partial charge is 0.352 e. The molecule has 128 valence electrons. The van der Waals surface area contributed by atoms with Crippen LogP contribution in [0.2, 0.25) is 10.0 Å². The van der Waals surface area contributed by atoms with E-state index < -0.39 is 18.0 Å². The van der Waals surface area contributed by atoms with E-state index in [4.69, 9.17) is 32.7 Å². The average Bonchev–Trinajstić information content (AvgIpc) is 3.07. The first-order chi connectivity index (χ1) is 12.0. The van der Waals surface area contributed by atoms with Crippen molar-refractivity contribution in [2.45, 2.75) is 6.10 Å². The Morgan fingerprint density at radius 1 is 1.16 bits per heavy atom. The molecule has 3 aromatic rings. The number of fused-ring (bicyclic) bond motifs is 1. The van der Waals surface area contributed by atoms with Crippen LogP contribution in [0.1, 0.15) is 22.0 Å². The van der Waals surface area contributed by atoms with Crippen LogP contribution in [0.4, 0.5) is 0 Å². The molecule has 2 aromatic carbocycles. The minimum absolute atomic E-state index is 0.202. The van der Waals surface area contributed by atoms with Gasteiger partial charge in [-0.2, -0.15) is 0 Å². The lowest BCUT2D eigenvalue weighted by Crippen LogP contribution is -2.21. The highest BCUT2D eigenvalue weighted by Crippen LogP contribution is 2.30. The highest BCUT2D eigenvalue weighted by Gasteiger charge is 2.28. The third-order valence-electron chi connectivity index (χ3n) is 3.45. The zero-order chi connectivity index (χ0) is 18.0. The summed E-state index contributed by atoms with van der Waals surface area (Å²) < 4.78 is 10.9. The molecule has 0 saturated carbocycles. The van der Waals surface area contributed by atoms with Gasteiger partial charge < -0.3 is 9.47 Å². The Kier molecular flexibility index (Phi) is 5.22. The van der Waals surface area contributed by atoms with Gasteiger partial charge in [0, 0.05) is 15.6 Å². The summed E-state index contributed by atoms with van der Waals surface area (Å²) in [6.45, 7) is 0. The maximum Gasteiger partial charge on any atom is 0.352 e. The normalized spacial score (nSPS) is 12.0. The van der Waals surface area contributed by atoms with Crippen molar-refractivity contribution in [3.05, 3.63) is 63.1 Å². The lowest BCUT2D eigenvalue weighted by molar-refractivity contribution is -0.151. The predicted molar refractivity (Wildman–Crippen MR) is 96.3 cm³/mol. The van der Waals surface area contributed by atoms with E-state index in [1.807, 2.05) is 0 Å². The van der Waals surface area contributed by atoms with E-state index in [0.29, 0.717) is 16.1 Å². The Labute approximate surface area is 157 Å². The number of thiazole rings is 1. The van der Waals surface area contributed by atoms with Crippen molar-refractivity contribution in [3.8, 4) is 0 Å². The zero-order valence-corrected chi connectivity index (χ0v) is 15.2. The van der Waals surface area contributed by atoms with E-state index in [0.717, 1.165) is 10.2 Å². The van der Waals surface area contributed by atoms with E-state index in [1.54, 1.807) is 29.8 Å². The van der Waals surface area contributed by atoms with Crippen molar-refractivity contribution in [1.29, 1.82) is 0 Å². The van der Waals surface area contributed by atoms with E-state index in [1.165, 1.54) is 30.6 Å². The van der Waals surface area contributed by atoms with Crippen molar-refractivity contribution in [2.75, 3.05) is 7.11 Å². The van der Waals surface area contributed by atoms with Crippen LogP contribution in [0.15, 0.2) is 41.9 Å². The van der Waals surface area contributed by atoms with Crippen molar-refractivity contribution >= 4 is 56.7 Å². The molecule has 0 aliphatic carbocycles. The maximum atomic E-state index is 12.5. The lowest BCUT2D eigenvalue weighted by atomic mass is 10.1. The standard InChI is InChI=1S/C17H11Cl2NO4S/c1-23-17(22)15(11-4-3-10(18)7-12(11)19)24-16(21)9-2-5-13-14(6-9)25-8-20-13/h2-8,15H,1H3. The lowest BCUT2D eigenvalue weighted by Gasteiger charge is -2.17. The molecular formula is C17H11Cl2NO4S. The molecule has 1 unspecified atom stereocenters. The van der Waals surface area contributed by atoms with Gasteiger partial charge in [-0.3, -0.25) is 0 Å². The van der Waals surface area contributed by atoms with Gasteiger partial charge in [-0.05, 0) is 30.3 Å². The topological polar surface area (TPSA) is 65.5 Å². The second kappa shape index (κ2) is 7.39. The summed E-state index contributed by atoms with van der Waals surface area (Å²) in [7, 11) is 1.20. The molecule has 25 heavy (non-hydrogen) atoms. The number of rotatable bonds is 4. The van der Waals surface area contributed by atoms with E-state index in [2.05, 4.69) is 4.98 Å². The van der Waals surface area contributed by atoms with Crippen LogP contribution in [-0.4, -0.2) is 24.0 Å². The number of carbonyl (C=O) groups excluding carboxylic acids is 2. The number of nitrogens with zero attached hydrogens (tertiary/aromatic N) is 1. The molecule has 5 nitrogen and oxygen atoms in total. The zero-order valence-electron chi connectivity index (χ0n) is 12.9. The summed E-state index contributed by atoms with van der Waals surface area (Å²) in [5, 5.41) is 0.605. The molecule has 1 aromatic heterocycles. The number of methoxy groups -OCH3 is 1. The summed E-state index contributed by atoms with van der Waals surface area (Å²) in [6.07, 6.45) is -1.29. The molecular weight excluding hydrogens is 385 g/mol. The molecule has 8 heteroatoms. The van der Waals surface area contributed by atoms with Gasteiger partial charge in [0.25, 0.3) is 0 Å². The van der Waals surface area contributed by atoms with Crippen LogP contribution in [0.3, 0.4) is 0 Å². The van der Waals surface area contributed by atoms with Gasteiger partial charge in [-0.25, -0.2) is 14.6 Å². The summed E-state index contributed by atoms with van der Waals surface area (Å²) in [5.74, 6) is -1.41. The van der Waals surface area contributed by atoms with Gasteiger partial charge in [0.15, 0.2) is 0 Å². The largest absolute Gasteiger partial charge is 0.466 e. The molecule has 0 amide bonds. The Morgan fingerprint density at radius 3 is 2.68 bits per heavy atom. The van der Waals surface area contributed by atoms with Gasteiger partial charge in [-0.15, -0.1) is 11.3 Å². The first-order valence-corrected chi connectivity index (χ1v) is 8.70. The second-order valence-electron chi connectivity index (χ2n) is 5.01. The fraction of sp³-hybridized carbons (Fsp3) is 0.118. The Bertz CT molecular complexity index is 957. The Hall–Kier alpha value is -2.15. The van der Waals surface area contributed by atoms with Crippen LogP contribution >= 0.6 is 34.5 Å². The maximum absolute atomic E-state index is 12.5. The highest BCUT2D eigenvalue weighted by molar-refractivity contribution is 7.16. The Morgan fingerprint density at radius 2 is 1.96 bits per heavy atom. The molecule has 0 N–H and O–H groups in total. The first kappa shape index (κ1) is 17.7. The molecule has 1 heterocycles. The van der Waals surface area contributed by atoms with Crippen molar-refractivity contribution in [2.24, 2.45) is 0 Å². The van der Waals surface area contributed by atoms with Crippen molar-refractivity contribution in [3.63, 3.8) is 0 Å². The number of benzene rings is 2. The molecule has 0 fully saturated rings. The van der Waals surface area contributed by atoms with E-state index in [-0.39, 0.29) is 5.02 Å². The molecule has 1 atom stereocenters. The minimum Gasteiger partial charge on any atom is -0.466 e. The van der Waals surface area contributed by atoms with Gasteiger partial charge in [0.1, 0.15) is 0 Å². The molecule has 0 radical (unpaired) electrons. The predicted octanol–water partition coefficient (Wildman–Crippen LogP) is 4.67. The number of hydrogen-bond donors (Lipinski definition) is 0. The van der Waals surface area contributed by atoms with Gasteiger partial charge in [0.2, 0.25) is 6.10 Å². The Balaban J connectivity index is 1.91.